The van der Waals surface area contributed by atoms with E-state index in [0.29, 0.717) is 16.7 Å². The van der Waals surface area contributed by atoms with E-state index in [4.69, 9.17) is 21.4 Å². The lowest BCUT2D eigenvalue weighted by atomic mass is 10.1. The molecule has 1 saturated carbocycles. The second kappa shape index (κ2) is 3.39. The van der Waals surface area contributed by atoms with Gasteiger partial charge in [-0.1, -0.05) is 29.6 Å². The maximum Gasteiger partial charge on any atom is 0.202 e. The molecule has 0 unspecified atom stereocenters. The highest BCUT2D eigenvalue weighted by Crippen LogP contribution is 2.38. The Balaban J connectivity index is 2.30. The fourth-order valence-corrected chi connectivity index (χ4v) is 2.07. The Hall–Kier alpha value is -1.01. The predicted molar refractivity (Wildman–Crippen MR) is 47.4 cm³/mol. The zero-order valence-corrected chi connectivity index (χ0v) is 7.84. The molecule has 3 nitrogen and oxygen atoms in total. The highest BCUT2D eigenvalue weighted by Gasteiger charge is 2.25. The first-order valence-corrected chi connectivity index (χ1v) is 4.76. The number of aromatic nitrogens is 1. The van der Waals surface area contributed by atoms with Crippen molar-refractivity contribution in [1.29, 1.82) is 5.26 Å². The summed E-state index contributed by atoms with van der Waals surface area (Å²) in [7, 11) is 0. The van der Waals surface area contributed by atoms with E-state index in [0.717, 1.165) is 12.8 Å². The third kappa shape index (κ3) is 1.42. The molecule has 0 aliphatic heterocycles. The summed E-state index contributed by atoms with van der Waals surface area (Å²) in [6, 6.07) is 1.90. The zero-order chi connectivity index (χ0) is 9.26. The molecular weight excluding hydrogens is 188 g/mol. The largest absolute Gasteiger partial charge is 0.358 e. The number of hydrogen-bond donors (Lipinski definition) is 0. The Labute approximate surface area is 81.3 Å². The smallest absolute Gasteiger partial charge is 0.202 e. The molecule has 0 radical (unpaired) electrons. The monoisotopic (exact) mass is 196 g/mol. The summed E-state index contributed by atoms with van der Waals surface area (Å²) in [5.74, 6) is 1.08. The van der Waals surface area contributed by atoms with Crippen LogP contribution in [0, 0.1) is 11.3 Å². The Morgan fingerprint density at radius 2 is 2.15 bits per heavy atom. The van der Waals surface area contributed by atoms with Crippen LogP contribution in [0.3, 0.4) is 0 Å². The minimum Gasteiger partial charge on any atom is -0.358 e. The minimum absolute atomic E-state index is 0.212. The Bertz CT molecular complexity index is 347. The van der Waals surface area contributed by atoms with Gasteiger partial charge in [0.25, 0.3) is 0 Å². The van der Waals surface area contributed by atoms with Gasteiger partial charge in [0, 0.05) is 5.92 Å². The first kappa shape index (κ1) is 8.58. The van der Waals surface area contributed by atoms with E-state index in [1.807, 2.05) is 6.07 Å². The predicted octanol–water partition coefficient (Wildman–Crippen LogP) is 2.86. The second-order valence-electron chi connectivity index (χ2n) is 3.30. The molecule has 68 valence electrons. The van der Waals surface area contributed by atoms with Gasteiger partial charge in [0.2, 0.25) is 5.69 Å². The quantitative estimate of drug-likeness (QED) is 0.694. The molecule has 0 saturated heterocycles. The van der Waals surface area contributed by atoms with Crippen LogP contribution in [0.5, 0.6) is 0 Å². The molecule has 1 heterocycles. The van der Waals surface area contributed by atoms with Crippen LogP contribution in [0.25, 0.3) is 0 Å². The number of nitriles is 1. The molecule has 13 heavy (non-hydrogen) atoms. The Morgan fingerprint density at radius 1 is 1.46 bits per heavy atom. The lowest BCUT2D eigenvalue weighted by molar-refractivity contribution is 0.359. The topological polar surface area (TPSA) is 49.8 Å². The van der Waals surface area contributed by atoms with Gasteiger partial charge in [-0.05, 0) is 12.8 Å². The normalized spacial score (nSPS) is 17.5. The molecule has 2 rings (SSSR count). The summed E-state index contributed by atoms with van der Waals surface area (Å²) >= 11 is 5.93. The summed E-state index contributed by atoms with van der Waals surface area (Å²) in [6.07, 6.45) is 4.62. The maximum atomic E-state index is 8.62. The Morgan fingerprint density at radius 3 is 2.69 bits per heavy atom. The van der Waals surface area contributed by atoms with Crippen molar-refractivity contribution in [1.82, 2.24) is 5.16 Å². The van der Waals surface area contributed by atoms with Crippen LogP contribution < -0.4 is 0 Å². The SMILES string of the molecule is N#Cc1noc(C2CCCC2)c1Cl. The van der Waals surface area contributed by atoms with Crippen LogP contribution in [-0.4, -0.2) is 5.16 Å². The van der Waals surface area contributed by atoms with Crippen LogP contribution >= 0.6 is 11.6 Å². The van der Waals surface area contributed by atoms with E-state index in [2.05, 4.69) is 5.16 Å². The molecule has 1 fully saturated rings. The van der Waals surface area contributed by atoms with E-state index >= 15 is 0 Å². The highest BCUT2D eigenvalue weighted by atomic mass is 35.5. The molecule has 1 aromatic heterocycles. The van der Waals surface area contributed by atoms with Crippen molar-refractivity contribution in [3.8, 4) is 6.07 Å². The Kier molecular flexibility index (Phi) is 2.24. The van der Waals surface area contributed by atoms with Gasteiger partial charge in [0.15, 0.2) is 5.76 Å². The van der Waals surface area contributed by atoms with Crippen LogP contribution in [0.15, 0.2) is 4.52 Å². The molecular formula is C9H9ClN2O. The number of rotatable bonds is 1. The van der Waals surface area contributed by atoms with Gasteiger partial charge in [0.1, 0.15) is 11.1 Å². The van der Waals surface area contributed by atoms with Crippen LogP contribution in [-0.2, 0) is 0 Å². The van der Waals surface area contributed by atoms with E-state index in [-0.39, 0.29) is 5.69 Å². The van der Waals surface area contributed by atoms with Crippen molar-refractivity contribution in [3.05, 3.63) is 16.5 Å². The standard InChI is InChI=1S/C9H9ClN2O/c10-8-7(5-11)12-13-9(8)6-3-1-2-4-6/h6H,1-4H2. The van der Waals surface area contributed by atoms with Gasteiger partial charge in [0.05, 0.1) is 0 Å². The third-order valence-corrected chi connectivity index (χ3v) is 2.86. The van der Waals surface area contributed by atoms with Crippen molar-refractivity contribution < 1.29 is 4.52 Å². The maximum absolute atomic E-state index is 8.62. The van der Waals surface area contributed by atoms with Gasteiger partial charge in [-0.2, -0.15) is 5.26 Å². The number of nitrogens with zero attached hydrogens (tertiary/aromatic N) is 2. The average molecular weight is 197 g/mol. The van der Waals surface area contributed by atoms with Gasteiger partial charge >= 0.3 is 0 Å². The molecule has 1 aliphatic rings. The fraction of sp³-hybridized carbons (Fsp3) is 0.556. The van der Waals surface area contributed by atoms with Crippen LogP contribution in [0.1, 0.15) is 43.1 Å². The van der Waals surface area contributed by atoms with Crippen molar-refractivity contribution in [2.75, 3.05) is 0 Å². The third-order valence-electron chi connectivity index (χ3n) is 2.49. The van der Waals surface area contributed by atoms with Crippen LogP contribution in [0.4, 0.5) is 0 Å². The zero-order valence-electron chi connectivity index (χ0n) is 7.09. The summed E-state index contributed by atoms with van der Waals surface area (Å²) < 4.78 is 5.07. The van der Waals surface area contributed by atoms with Gasteiger partial charge in [-0.3, -0.25) is 0 Å². The second-order valence-corrected chi connectivity index (χ2v) is 3.68. The average Bonchev–Trinajstić information content (AvgIpc) is 2.72. The molecule has 0 spiro atoms. The van der Waals surface area contributed by atoms with E-state index < -0.39 is 0 Å². The van der Waals surface area contributed by atoms with Crippen LogP contribution in [0.2, 0.25) is 5.02 Å². The molecule has 4 heteroatoms. The summed E-state index contributed by atoms with van der Waals surface area (Å²) in [4.78, 5) is 0. The first-order valence-electron chi connectivity index (χ1n) is 4.38. The molecule has 0 N–H and O–H groups in total. The molecule has 0 amide bonds. The molecule has 0 atom stereocenters. The van der Waals surface area contributed by atoms with Crippen molar-refractivity contribution >= 4 is 11.6 Å². The summed E-state index contributed by atoms with van der Waals surface area (Å²) in [5, 5.41) is 12.6. The molecule has 0 bridgehead atoms. The lowest BCUT2D eigenvalue weighted by Gasteiger charge is -2.02. The highest BCUT2D eigenvalue weighted by molar-refractivity contribution is 6.32. The van der Waals surface area contributed by atoms with Gasteiger partial charge in [-0.15, -0.1) is 0 Å². The fourth-order valence-electron chi connectivity index (χ4n) is 1.80. The molecule has 0 aromatic carbocycles. The van der Waals surface area contributed by atoms with Gasteiger partial charge < -0.3 is 4.52 Å². The number of halogens is 1. The van der Waals surface area contributed by atoms with Crippen molar-refractivity contribution in [2.45, 2.75) is 31.6 Å². The first-order chi connectivity index (χ1) is 6.33. The van der Waals surface area contributed by atoms with Crippen molar-refractivity contribution in [2.24, 2.45) is 0 Å². The van der Waals surface area contributed by atoms with E-state index in [1.165, 1.54) is 12.8 Å². The summed E-state index contributed by atoms with van der Waals surface area (Å²) in [6.45, 7) is 0. The van der Waals surface area contributed by atoms with Gasteiger partial charge in [-0.25, -0.2) is 0 Å². The summed E-state index contributed by atoms with van der Waals surface area (Å²) in [5.41, 5.74) is 0.212. The van der Waals surface area contributed by atoms with Crippen molar-refractivity contribution in [3.63, 3.8) is 0 Å². The van der Waals surface area contributed by atoms with E-state index in [1.54, 1.807) is 0 Å². The lowest BCUT2D eigenvalue weighted by Crippen LogP contribution is -1.89. The van der Waals surface area contributed by atoms with E-state index in [9.17, 15) is 0 Å². The number of hydrogen-bond acceptors (Lipinski definition) is 3. The minimum atomic E-state index is 0.212. The molecule has 1 aliphatic carbocycles. The molecule has 1 aromatic rings.